The van der Waals surface area contributed by atoms with Crippen LogP contribution >= 0.6 is 11.8 Å². The van der Waals surface area contributed by atoms with Crippen molar-refractivity contribution in [3.63, 3.8) is 0 Å². The maximum absolute atomic E-state index is 3.52. The van der Waals surface area contributed by atoms with Gasteiger partial charge in [-0.05, 0) is 32.4 Å². The fraction of sp³-hybridized carbons (Fsp3) is 0.600. The predicted octanol–water partition coefficient (Wildman–Crippen LogP) is 3.92. The van der Waals surface area contributed by atoms with Gasteiger partial charge in [-0.1, -0.05) is 43.2 Å². The van der Waals surface area contributed by atoms with E-state index < -0.39 is 0 Å². The number of rotatable bonds is 7. The molecule has 96 valence electrons. The van der Waals surface area contributed by atoms with E-state index in [1.807, 2.05) is 11.8 Å². The molecule has 1 N–H and O–H groups in total. The van der Waals surface area contributed by atoms with Gasteiger partial charge in [0.2, 0.25) is 0 Å². The van der Waals surface area contributed by atoms with Crippen LogP contribution in [0.2, 0.25) is 0 Å². The molecule has 0 bridgehead atoms. The molecule has 1 aromatic carbocycles. The Bertz CT molecular complexity index is 315. The van der Waals surface area contributed by atoms with Gasteiger partial charge in [-0.3, -0.25) is 0 Å². The zero-order chi connectivity index (χ0) is 12.7. The van der Waals surface area contributed by atoms with Gasteiger partial charge >= 0.3 is 0 Å². The molecular formula is C15H25NS. The van der Waals surface area contributed by atoms with Crippen LogP contribution in [0, 0.1) is 13.8 Å². The third kappa shape index (κ3) is 5.60. The first-order chi connectivity index (χ1) is 8.15. The fourth-order valence-corrected chi connectivity index (χ4v) is 3.24. The number of nitrogens with one attached hydrogen (secondary N) is 1. The van der Waals surface area contributed by atoms with Gasteiger partial charge in [0.05, 0.1) is 0 Å². The molecule has 2 heteroatoms. The predicted molar refractivity (Wildman–Crippen MR) is 79.8 cm³/mol. The molecule has 1 aromatic rings. The summed E-state index contributed by atoms with van der Waals surface area (Å²) in [6, 6.07) is 7.50. The van der Waals surface area contributed by atoms with Crippen LogP contribution in [0.15, 0.2) is 18.2 Å². The Labute approximate surface area is 110 Å². The van der Waals surface area contributed by atoms with Gasteiger partial charge in [0.15, 0.2) is 0 Å². The minimum Gasteiger partial charge on any atom is -0.313 e. The zero-order valence-corrected chi connectivity index (χ0v) is 12.4. The van der Waals surface area contributed by atoms with Gasteiger partial charge in [0, 0.05) is 17.5 Å². The van der Waals surface area contributed by atoms with Gasteiger partial charge < -0.3 is 5.32 Å². The van der Waals surface area contributed by atoms with Gasteiger partial charge in [-0.25, -0.2) is 0 Å². The minimum absolute atomic E-state index is 0.663. The van der Waals surface area contributed by atoms with Crippen molar-refractivity contribution in [3.05, 3.63) is 34.9 Å². The second-order valence-electron chi connectivity index (χ2n) is 4.67. The summed E-state index contributed by atoms with van der Waals surface area (Å²) in [5, 5.41) is 3.52. The lowest BCUT2D eigenvalue weighted by molar-refractivity contribution is 0.560. The number of benzene rings is 1. The summed E-state index contributed by atoms with van der Waals surface area (Å²) in [7, 11) is 0. The van der Waals surface area contributed by atoms with Gasteiger partial charge in [0.25, 0.3) is 0 Å². The van der Waals surface area contributed by atoms with E-state index in [-0.39, 0.29) is 0 Å². The summed E-state index contributed by atoms with van der Waals surface area (Å²) in [4.78, 5) is 0. The standard InChI is InChI=1S/C15H25NS/c1-5-15(16-6-2)11-17-10-14-8-12(3)7-13(4)9-14/h7-9,15-16H,5-6,10-11H2,1-4H3. The number of thioether (sulfide) groups is 1. The second kappa shape index (κ2) is 7.78. The topological polar surface area (TPSA) is 12.0 Å². The monoisotopic (exact) mass is 251 g/mol. The van der Waals surface area contributed by atoms with Crippen molar-refractivity contribution >= 4 is 11.8 Å². The van der Waals surface area contributed by atoms with E-state index >= 15 is 0 Å². The zero-order valence-electron chi connectivity index (χ0n) is 11.5. The van der Waals surface area contributed by atoms with Crippen LogP contribution in [-0.2, 0) is 5.75 Å². The van der Waals surface area contributed by atoms with Crippen LogP contribution in [0.5, 0.6) is 0 Å². The average Bonchev–Trinajstić information content (AvgIpc) is 2.26. The van der Waals surface area contributed by atoms with Gasteiger partial charge in [-0.2, -0.15) is 11.8 Å². The summed E-state index contributed by atoms with van der Waals surface area (Å²) in [6.07, 6.45) is 1.22. The van der Waals surface area contributed by atoms with Crippen molar-refractivity contribution in [2.75, 3.05) is 12.3 Å². The van der Waals surface area contributed by atoms with Crippen molar-refractivity contribution < 1.29 is 0 Å². The van der Waals surface area contributed by atoms with Crippen LogP contribution in [0.1, 0.15) is 37.0 Å². The summed E-state index contributed by atoms with van der Waals surface area (Å²) < 4.78 is 0. The Balaban J connectivity index is 2.39. The summed E-state index contributed by atoms with van der Waals surface area (Å²) in [5.74, 6) is 2.34. The normalized spacial score (nSPS) is 12.7. The smallest absolute Gasteiger partial charge is 0.0185 e. The molecule has 0 saturated heterocycles. The highest BCUT2D eigenvalue weighted by Crippen LogP contribution is 2.17. The Morgan fingerprint density at radius 2 is 1.76 bits per heavy atom. The van der Waals surface area contributed by atoms with Crippen LogP contribution in [0.4, 0.5) is 0 Å². The lowest BCUT2D eigenvalue weighted by Gasteiger charge is -2.15. The summed E-state index contributed by atoms with van der Waals surface area (Å²) in [6.45, 7) is 9.86. The van der Waals surface area contributed by atoms with Gasteiger partial charge in [-0.15, -0.1) is 0 Å². The average molecular weight is 251 g/mol. The van der Waals surface area contributed by atoms with Crippen molar-refractivity contribution in [1.29, 1.82) is 0 Å². The van der Waals surface area contributed by atoms with Crippen molar-refractivity contribution in [2.24, 2.45) is 0 Å². The van der Waals surface area contributed by atoms with Crippen LogP contribution in [0.3, 0.4) is 0 Å². The van der Waals surface area contributed by atoms with Crippen LogP contribution < -0.4 is 5.32 Å². The van der Waals surface area contributed by atoms with E-state index in [1.54, 1.807) is 0 Å². The van der Waals surface area contributed by atoms with Crippen LogP contribution in [0.25, 0.3) is 0 Å². The highest BCUT2D eigenvalue weighted by Gasteiger charge is 2.04. The lowest BCUT2D eigenvalue weighted by Crippen LogP contribution is -2.30. The second-order valence-corrected chi connectivity index (χ2v) is 5.70. The highest BCUT2D eigenvalue weighted by atomic mass is 32.2. The van der Waals surface area contributed by atoms with Crippen molar-refractivity contribution in [3.8, 4) is 0 Å². The number of aryl methyl sites for hydroxylation is 2. The molecule has 0 heterocycles. The summed E-state index contributed by atoms with van der Waals surface area (Å²) >= 11 is 2.03. The Morgan fingerprint density at radius 1 is 1.12 bits per heavy atom. The highest BCUT2D eigenvalue weighted by molar-refractivity contribution is 7.98. The lowest BCUT2D eigenvalue weighted by atomic mass is 10.1. The van der Waals surface area contributed by atoms with Crippen molar-refractivity contribution in [2.45, 2.75) is 45.9 Å². The maximum atomic E-state index is 3.52. The fourth-order valence-electron chi connectivity index (χ4n) is 2.08. The Kier molecular flexibility index (Phi) is 6.68. The maximum Gasteiger partial charge on any atom is 0.0185 e. The molecule has 17 heavy (non-hydrogen) atoms. The summed E-state index contributed by atoms with van der Waals surface area (Å²) in [5.41, 5.74) is 4.21. The van der Waals surface area contributed by atoms with E-state index in [1.165, 1.54) is 28.9 Å². The third-order valence-electron chi connectivity index (χ3n) is 2.85. The molecular weight excluding hydrogens is 226 g/mol. The third-order valence-corrected chi connectivity index (χ3v) is 4.03. The molecule has 0 aliphatic rings. The number of hydrogen-bond donors (Lipinski definition) is 1. The van der Waals surface area contributed by atoms with Crippen molar-refractivity contribution in [1.82, 2.24) is 5.32 Å². The molecule has 1 atom stereocenters. The molecule has 1 nitrogen and oxygen atoms in total. The molecule has 0 aliphatic heterocycles. The quantitative estimate of drug-likeness (QED) is 0.788. The Hall–Kier alpha value is -0.470. The largest absolute Gasteiger partial charge is 0.313 e. The molecule has 0 spiro atoms. The molecule has 0 aromatic heterocycles. The molecule has 0 saturated carbocycles. The first-order valence-corrected chi connectivity index (χ1v) is 7.69. The first-order valence-electron chi connectivity index (χ1n) is 6.54. The van der Waals surface area contributed by atoms with Gasteiger partial charge in [0.1, 0.15) is 0 Å². The SMILES string of the molecule is CCNC(CC)CSCc1cc(C)cc(C)c1. The number of hydrogen-bond acceptors (Lipinski definition) is 2. The van der Waals surface area contributed by atoms with E-state index in [9.17, 15) is 0 Å². The van der Waals surface area contributed by atoms with E-state index in [4.69, 9.17) is 0 Å². The molecule has 0 aliphatic carbocycles. The molecule has 0 amide bonds. The Morgan fingerprint density at radius 3 is 2.29 bits per heavy atom. The van der Waals surface area contributed by atoms with E-state index in [0.717, 1.165) is 12.3 Å². The molecule has 1 unspecified atom stereocenters. The van der Waals surface area contributed by atoms with E-state index in [0.29, 0.717) is 6.04 Å². The molecule has 0 radical (unpaired) electrons. The molecule has 0 fully saturated rings. The molecule has 1 rings (SSSR count). The van der Waals surface area contributed by atoms with Crippen LogP contribution in [-0.4, -0.2) is 18.3 Å². The minimum atomic E-state index is 0.663. The van der Waals surface area contributed by atoms with E-state index in [2.05, 4.69) is 51.2 Å². The first kappa shape index (κ1) is 14.6.